The number of carbonyl (C=O) groups is 2. The first-order valence-electron chi connectivity index (χ1n) is 11.6. The minimum absolute atomic E-state index is 0.165. The summed E-state index contributed by atoms with van der Waals surface area (Å²) in [6.07, 6.45) is 4.17. The fourth-order valence-corrected chi connectivity index (χ4v) is 5.00. The Kier molecular flexibility index (Phi) is 9.69. The topological polar surface area (TPSA) is 58.6 Å². The predicted octanol–water partition coefficient (Wildman–Crippen LogP) is 6.73. The van der Waals surface area contributed by atoms with Crippen molar-refractivity contribution in [2.45, 2.75) is 71.0 Å². The highest BCUT2D eigenvalue weighted by Gasteiger charge is 2.29. The zero-order valence-corrected chi connectivity index (χ0v) is 22.8. The number of nitrogens with one attached hydrogen (secondary N) is 1. The molecule has 2 aromatic rings. The SMILES string of the molecule is CC(C)c1ccc(OCC(=O)N(Cc2ccc(Cl)cc2Cl)[C@@H](C)C(=O)NC2CCCC2)c(Br)c1. The monoisotopic (exact) mass is 568 g/mol. The van der Waals surface area contributed by atoms with Crippen LogP contribution in [0, 0.1) is 0 Å². The first kappa shape index (κ1) is 26.8. The van der Waals surface area contributed by atoms with Crippen molar-refractivity contribution in [2.24, 2.45) is 0 Å². The molecule has 0 radical (unpaired) electrons. The lowest BCUT2D eigenvalue weighted by Gasteiger charge is -2.30. The molecule has 8 heteroatoms. The van der Waals surface area contributed by atoms with E-state index < -0.39 is 6.04 Å². The van der Waals surface area contributed by atoms with Gasteiger partial charge in [0.2, 0.25) is 5.91 Å². The summed E-state index contributed by atoms with van der Waals surface area (Å²) >= 11 is 15.9. The van der Waals surface area contributed by atoms with E-state index in [1.54, 1.807) is 25.1 Å². The van der Waals surface area contributed by atoms with E-state index in [2.05, 4.69) is 35.1 Å². The molecule has 184 valence electrons. The molecule has 0 spiro atoms. The van der Waals surface area contributed by atoms with E-state index in [0.717, 1.165) is 30.2 Å². The Balaban J connectivity index is 1.75. The molecular weight excluding hydrogens is 539 g/mol. The molecule has 3 rings (SSSR count). The highest BCUT2D eigenvalue weighted by atomic mass is 79.9. The fourth-order valence-electron chi connectivity index (χ4n) is 4.02. The minimum atomic E-state index is -0.685. The average Bonchev–Trinajstić information content (AvgIpc) is 3.30. The lowest BCUT2D eigenvalue weighted by Crippen LogP contribution is -2.50. The van der Waals surface area contributed by atoms with Gasteiger partial charge in [0, 0.05) is 22.6 Å². The van der Waals surface area contributed by atoms with Crippen LogP contribution in [0.4, 0.5) is 0 Å². The van der Waals surface area contributed by atoms with Gasteiger partial charge in [0.25, 0.3) is 5.91 Å². The lowest BCUT2D eigenvalue weighted by atomic mass is 10.0. The number of carbonyl (C=O) groups excluding carboxylic acids is 2. The Hall–Kier alpha value is -1.76. The zero-order valence-electron chi connectivity index (χ0n) is 19.7. The van der Waals surface area contributed by atoms with Gasteiger partial charge in [-0.2, -0.15) is 0 Å². The molecule has 1 atom stereocenters. The molecule has 1 aliphatic rings. The Labute approximate surface area is 220 Å². The molecule has 0 bridgehead atoms. The fraction of sp³-hybridized carbons (Fsp3) is 0.462. The summed E-state index contributed by atoms with van der Waals surface area (Å²) in [7, 11) is 0. The normalized spacial score (nSPS) is 14.8. The van der Waals surface area contributed by atoms with Crippen molar-refractivity contribution in [1.29, 1.82) is 0 Å². The molecule has 0 saturated heterocycles. The van der Waals surface area contributed by atoms with Gasteiger partial charge in [-0.25, -0.2) is 0 Å². The number of rotatable bonds is 9. The van der Waals surface area contributed by atoms with Gasteiger partial charge in [0.05, 0.1) is 4.47 Å². The van der Waals surface area contributed by atoms with Crippen LogP contribution in [-0.4, -0.2) is 35.4 Å². The minimum Gasteiger partial charge on any atom is -0.483 e. The molecular formula is C26H31BrCl2N2O3. The van der Waals surface area contributed by atoms with Crippen LogP contribution in [0.1, 0.15) is 63.5 Å². The molecule has 34 heavy (non-hydrogen) atoms. The van der Waals surface area contributed by atoms with Crippen LogP contribution in [0.3, 0.4) is 0 Å². The first-order chi connectivity index (χ1) is 16.2. The molecule has 0 aliphatic heterocycles. The molecule has 1 N–H and O–H groups in total. The third kappa shape index (κ3) is 7.12. The van der Waals surface area contributed by atoms with Gasteiger partial charge in [-0.05, 0) is 77.0 Å². The van der Waals surface area contributed by atoms with Crippen molar-refractivity contribution in [3.63, 3.8) is 0 Å². The quantitative estimate of drug-likeness (QED) is 0.364. The van der Waals surface area contributed by atoms with Crippen molar-refractivity contribution in [2.75, 3.05) is 6.61 Å². The van der Waals surface area contributed by atoms with Crippen LogP contribution >= 0.6 is 39.1 Å². The number of hydrogen-bond donors (Lipinski definition) is 1. The number of ether oxygens (including phenoxy) is 1. The highest BCUT2D eigenvalue weighted by Crippen LogP contribution is 2.29. The van der Waals surface area contributed by atoms with Gasteiger partial charge >= 0.3 is 0 Å². The second-order valence-electron chi connectivity index (χ2n) is 9.06. The molecule has 1 aliphatic carbocycles. The van der Waals surface area contributed by atoms with Crippen molar-refractivity contribution in [3.05, 3.63) is 62.0 Å². The van der Waals surface area contributed by atoms with Crippen molar-refractivity contribution in [1.82, 2.24) is 10.2 Å². The van der Waals surface area contributed by atoms with Crippen LogP contribution in [0.5, 0.6) is 5.75 Å². The summed E-state index contributed by atoms with van der Waals surface area (Å²) in [4.78, 5) is 27.8. The lowest BCUT2D eigenvalue weighted by molar-refractivity contribution is -0.142. The van der Waals surface area contributed by atoms with Crippen molar-refractivity contribution >= 4 is 50.9 Å². The maximum absolute atomic E-state index is 13.3. The molecule has 0 unspecified atom stereocenters. The molecule has 0 heterocycles. The average molecular weight is 570 g/mol. The molecule has 2 aromatic carbocycles. The first-order valence-corrected chi connectivity index (χ1v) is 13.2. The smallest absolute Gasteiger partial charge is 0.261 e. The predicted molar refractivity (Wildman–Crippen MR) is 141 cm³/mol. The summed E-state index contributed by atoms with van der Waals surface area (Å²) in [5, 5.41) is 4.04. The van der Waals surface area contributed by atoms with Gasteiger partial charge in [-0.1, -0.05) is 62.0 Å². The van der Waals surface area contributed by atoms with E-state index >= 15 is 0 Å². The summed E-state index contributed by atoms with van der Waals surface area (Å²) in [5.41, 5.74) is 1.88. The maximum Gasteiger partial charge on any atom is 0.261 e. The van der Waals surface area contributed by atoms with E-state index in [9.17, 15) is 9.59 Å². The highest BCUT2D eigenvalue weighted by molar-refractivity contribution is 9.10. The third-order valence-electron chi connectivity index (χ3n) is 6.20. The van der Waals surface area contributed by atoms with Crippen molar-refractivity contribution in [3.8, 4) is 5.75 Å². The van der Waals surface area contributed by atoms with Crippen LogP contribution in [-0.2, 0) is 16.1 Å². The van der Waals surface area contributed by atoms with E-state index in [0.29, 0.717) is 27.3 Å². The summed E-state index contributed by atoms with van der Waals surface area (Å²) in [6.45, 7) is 5.93. The van der Waals surface area contributed by atoms with Crippen molar-refractivity contribution < 1.29 is 14.3 Å². The Morgan fingerprint density at radius 1 is 1.12 bits per heavy atom. The molecule has 1 saturated carbocycles. The van der Waals surface area contributed by atoms with Gasteiger partial charge in [-0.15, -0.1) is 0 Å². The molecule has 5 nitrogen and oxygen atoms in total. The second kappa shape index (κ2) is 12.3. The molecule has 1 fully saturated rings. The third-order valence-corrected chi connectivity index (χ3v) is 7.41. The van der Waals surface area contributed by atoms with E-state index in [1.165, 1.54) is 10.5 Å². The van der Waals surface area contributed by atoms with Gasteiger partial charge in [0.1, 0.15) is 11.8 Å². The summed E-state index contributed by atoms with van der Waals surface area (Å²) in [5.74, 6) is 0.476. The number of halogens is 3. The van der Waals surface area contributed by atoms with Crippen LogP contribution < -0.4 is 10.1 Å². The van der Waals surface area contributed by atoms with Crippen LogP contribution in [0.15, 0.2) is 40.9 Å². The largest absolute Gasteiger partial charge is 0.483 e. The Morgan fingerprint density at radius 2 is 1.82 bits per heavy atom. The number of amides is 2. The zero-order chi connectivity index (χ0) is 24.8. The number of hydrogen-bond acceptors (Lipinski definition) is 3. The van der Waals surface area contributed by atoms with Gasteiger partial charge < -0.3 is 15.0 Å². The van der Waals surface area contributed by atoms with Gasteiger partial charge in [-0.3, -0.25) is 9.59 Å². The van der Waals surface area contributed by atoms with Crippen LogP contribution in [0.25, 0.3) is 0 Å². The molecule has 2 amide bonds. The summed E-state index contributed by atoms with van der Waals surface area (Å²) in [6, 6.07) is 10.4. The van der Waals surface area contributed by atoms with E-state index in [-0.39, 0.29) is 31.0 Å². The van der Waals surface area contributed by atoms with Crippen LogP contribution in [0.2, 0.25) is 10.0 Å². The Morgan fingerprint density at radius 3 is 2.44 bits per heavy atom. The van der Waals surface area contributed by atoms with E-state index in [4.69, 9.17) is 27.9 Å². The number of nitrogens with zero attached hydrogens (tertiary/aromatic N) is 1. The standard InChI is InChI=1S/C26H31BrCl2N2O3/c1-16(2)18-9-11-24(22(27)12-18)34-15-25(32)31(14-19-8-10-20(28)13-23(19)29)17(3)26(33)30-21-6-4-5-7-21/h8-13,16-17,21H,4-7,14-15H2,1-3H3,(H,30,33)/t17-/m0/s1. The van der Waals surface area contributed by atoms with Gasteiger partial charge in [0.15, 0.2) is 6.61 Å². The number of benzene rings is 2. The molecule has 0 aromatic heterocycles. The second-order valence-corrected chi connectivity index (χ2v) is 10.8. The Bertz CT molecular complexity index is 1030. The maximum atomic E-state index is 13.3. The van der Waals surface area contributed by atoms with E-state index in [1.807, 2.05) is 18.2 Å². The summed E-state index contributed by atoms with van der Waals surface area (Å²) < 4.78 is 6.62.